The number of Topliss-reactive ketones (excluding diaryl/α,β-unsaturated/α-hetero) is 1. The highest BCUT2D eigenvalue weighted by Gasteiger charge is 2.28. The fourth-order valence-corrected chi connectivity index (χ4v) is 5.92. The summed E-state index contributed by atoms with van der Waals surface area (Å²) >= 11 is 0. The molecule has 1 aliphatic heterocycles. The molecule has 40 heavy (non-hydrogen) atoms. The van der Waals surface area contributed by atoms with Gasteiger partial charge < -0.3 is 15.2 Å². The van der Waals surface area contributed by atoms with Crippen molar-refractivity contribution < 1.29 is 27.4 Å². The Kier molecular flexibility index (Phi) is 8.81. The minimum Gasteiger partial charge on any atom is -0.493 e. The van der Waals surface area contributed by atoms with Crippen LogP contribution in [0.5, 0.6) is 5.75 Å². The van der Waals surface area contributed by atoms with Crippen molar-refractivity contribution in [1.29, 1.82) is 0 Å². The van der Waals surface area contributed by atoms with Crippen molar-refractivity contribution in [2.45, 2.75) is 57.4 Å². The second-order valence-electron chi connectivity index (χ2n) is 11.1. The van der Waals surface area contributed by atoms with Gasteiger partial charge >= 0.3 is 0 Å². The number of nitrogens with zero attached hydrogens (tertiary/aromatic N) is 2. The van der Waals surface area contributed by atoms with Gasteiger partial charge in [0.25, 0.3) is 0 Å². The van der Waals surface area contributed by atoms with Gasteiger partial charge in [-0.05, 0) is 79.2 Å². The number of hydrogen-bond acceptors (Lipinski definition) is 6. The summed E-state index contributed by atoms with van der Waals surface area (Å²) in [7, 11) is 0. The van der Waals surface area contributed by atoms with E-state index >= 15 is 8.78 Å². The fourth-order valence-electron chi connectivity index (χ4n) is 5.92. The van der Waals surface area contributed by atoms with Crippen LogP contribution in [0.15, 0.2) is 42.7 Å². The number of benzene rings is 1. The predicted octanol–water partition coefficient (Wildman–Crippen LogP) is 6.02. The van der Waals surface area contributed by atoms with Crippen LogP contribution in [0.2, 0.25) is 0 Å². The van der Waals surface area contributed by atoms with E-state index in [1.165, 1.54) is 6.07 Å². The van der Waals surface area contributed by atoms with Gasteiger partial charge in [-0.25, -0.2) is 18.2 Å². The Labute approximate surface area is 232 Å². The lowest BCUT2D eigenvalue weighted by molar-refractivity contribution is 0.0496. The molecule has 6 nitrogen and oxygen atoms in total. The molecule has 3 heterocycles. The van der Waals surface area contributed by atoms with Gasteiger partial charge in [0.05, 0.1) is 12.2 Å². The highest BCUT2D eigenvalue weighted by Crippen LogP contribution is 2.37. The highest BCUT2D eigenvalue weighted by atomic mass is 19.1. The quantitative estimate of drug-likeness (QED) is 0.343. The molecule has 212 valence electrons. The van der Waals surface area contributed by atoms with E-state index in [4.69, 9.17) is 15.2 Å². The van der Waals surface area contributed by atoms with Crippen LogP contribution in [0.4, 0.5) is 13.2 Å². The van der Waals surface area contributed by atoms with E-state index in [0.717, 1.165) is 61.4 Å². The molecule has 1 saturated carbocycles. The SMILES string of the molecule is C[C@@H]1C[C@H](N)C[C@H](c2ccncc2CC(=O)c2ccc(F)c(-c3c(F)cc(OCC4CCOCC4)cc3F)n2)C1. The number of ether oxygens (including phenoxy) is 2. The third-order valence-corrected chi connectivity index (χ3v) is 7.92. The molecule has 3 aromatic rings. The number of carbonyl (C=O) groups excluding carboxylic acids is 1. The van der Waals surface area contributed by atoms with Crippen molar-refractivity contribution in [3.63, 3.8) is 0 Å². The van der Waals surface area contributed by atoms with E-state index in [2.05, 4.69) is 16.9 Å². The van der Waals surface area contributed by atoms with Crippen molar-refractivity contribution in [3.8, 4) is 17.0 Å². The number of carbonyl (C=O) groups is 1. The number of pyridine rings is 2. The topological polar surface area (TPSA) is 87.3 Å². The van der Waals surface area contributed by atoms with Gasteiger partial charge in [0, 0.05) is 50.2 Å². The van der Waals surface area contributed by atoms with Gasteiger partial charge in [-0.2, -0.15) is 0 Å². The molecule has 1 aromatic carbocycles. The Hall–Kier alpha value is -3.30. The Bertz CT molecular complexity index is 1330. The molecule has 2 N–H and O–H groups in total. The van der Waals surface area contributed by atoms with Gasteiger partial charge in [-0.15, -0.1) is 0 Å². The average Bonchev–Trinajstić information content (AvgIpc) is 2.93. The van der Waals surface area contributed by atoms with Crippen molar-refractivity contribution in [3.05, 3.63) is 77.0 Å². The standard InChI is InChI=1S/C31H34F3N3O3/c1-18-10-20(12-22(35)11-18)24-4-7-36-16-21(24)13-29(38)28-3-2-25(32)31(37-28)30-26(33)14-23(15-27(30)34)40-17-19-5-8-39-9-6-19/h2-4,7,14-16,18-20,22H,5-6,8-13,17,35H2,1H3/t18-,20+,22-/m0/s1. The largest absolute Gasteiger partial charge is 0.493 e. The molecule has 0 bridgehead atoms. The third kappa shape index (κ3) is 6.53. The zero-order chi connectivity index (χ0) is 28.2. The van der Waals surface area contributed by atoms with Crippen molar-refractivity contribution >= 4 is 5.78 Å². The number of rotatable bonds is 8. The van der Waals surface area contributed by atoms with E-state index in [-0.39, 0.29) is 35.7 Å². The molecule has 0 spiro atoms. The number of ketones is 1. The predicted molar refractivity (Wildman–Crippen MR) is 145 cm³/mol. The van der Waals surface area contributed by atoms with Crippen LogP contribution in [0.1, 0.15) is 66.6 Å². The molecule has 9 heteroatoms. The molecule has 0 unspecified atom stereocenters. The van der Waals surface area contributed by atoms with Crippen LogP contribution in [-0.4, -0.2) is 41.6 Å². The van der Waals surface area contributed by atoms with Crippen LogP contribution >= 0.6 is 0 Å². The van der Waals surface area contributed by atoms with Gasteiger partial charge in [-0.1, -0.05) is 6.92 Å². The van der Waals surface area contributed by atoms with Crippen LogP contribution in [0.25, 0.3) is 11.3 Å². The Balaban J connectivity index is 1.35. The van der Waals surface area contributed by atoms with Crippen molar-refractivity contribution in [2.75, 3.05) is 19.8 Å². The summed E-state index contributed by atoms with van der Waals surface area (Å²) in [6.45, 7) is 3.74. The van der Waals surface area contributed by atoms with E-state index in [0.29, 0.717) is 25.7 Å². The van der Waals surface area contributed by atoms with E-state index < -0.39 is 34.5 Å². The lowest BCUT2D eigenvalue weighted by Gasteiger charge is -2.32. The van der Waals surface area contributed by atoms with E-state index in [1.54, 1.807) is 12.4 Å². The Morgan fingerprint density at radius 2 is 1.80 bits per heavy atom. The van der Waals surface area contributed by atoms with Crippen LogP contribution in [0.3, 0.4) is 0 Å². The van der Waals surface area contributed by atoms with Crippen molar-refractivity contribution in [1.82, 2.24) is 9.97 Å². The zero-order valence-electron chi connectivity index (χ0n) is 22.5. The van der Waals surface area contributed by atoms with E-state index in [1.807, 2.05) is 6.07 Å². The number of nitrogens with two attached hydrogens (primary N) is 1. The Morgan fingerprint density at radius 3 is 2.52 bits per heavy atom. The smallest absolute Gasteiger partial charge is 0.185 e. The number of aromatic nitrogens is 2. The summed E-state index contributed by atoms with van der Waals surface area (Å²) in [5, 5.41) is 0. The molecule has 2 aliphatic rings. The van der Waals surface area contributed by atoms with Crippen LogP contribution in [0, 0.1) is 29.3 Å². The first-order valence-electron chi connectivity index (χ1n) is 13.9. The number of hydrogen-bond donors (Lipinski definition) is 1. The first-order valence-corrected chi connectivity index (χ1v) is 13.9. The first kappa shape index (κ1) is 28.2. The normalized spacial score (nSPS) is 21.8. The van der Waals surface area contributed by atoms with Crippen molar-refractivity contribution in [2.24, 2.45) is 17.6 Å². The summed E-state index contributed by atoms with van der Waals surface area (Å²) in [4.78, 5) is 21.6. The molecule has 1 aliphatic carbocycles. The average molecular weight is 554 g/mol. The summed E-state index contributed by atoms with van der Waals surface area (Å²) < 4.78 is 55.9. The maximum absolute atomic E-state index is 15.1. The van der Waals surface area contributed by atoms with Gasteiger partial charge in [-0.3, -0.25) is 9.78 Å². The van der Waals surface area contributed by atoms with Crippen LogP contribution in [-0.2, 0) is 11.2 Å². The van der Waals surface area contributed by atoms with E-state index in [9.17, 15) is 9.18 Å². The number of halogens is 3. The monoisotopic (exact) mass is 553 g/mol. The second kappa shape index (κ2) is 12.5. The molecular weight excluding hydrogens is 519 g/mol. The lowest BCUT2D eigenvalue weighted by Crippen LogP contribution is -2.31. The first-order chi connectivity index (χ1) is 19.3. The molecule has 0 amide bonds. The molecule has 1 saturated heterocycles. The molecular formula is C31H34F3N3O3. The van der Waals surface area contributed by atoms with Gasteiger partial charge in [0.1, 0.15) is 34.6 Å². The summed E-state index contributed by atoms with van der Waals surface area (Å²) in [6, 6.07) is 6.29. The van der Waals surface area contributed by atoms with Gasteiger partial charge in [0.15, 0.2) is 5.78 Å². The summed E-state index contributed by atoms with van der Waals surface area (Å²) in [5.41, 5.74) is 6.74. The molecule has 0 radical (unpaired) electrons. The summed E-state index contributed by atoms with van der Waals surface area (Å²) in [6.07, 6.45) is 7.71. The molecule has 2 fully saturated rings. The molecule has 2 aromatic heterocycles. The highest BCUT2D eigenvalue weighted by molar-refractivity contribution is 5.96. The zero-order valence-corrected chi connectivity index (χ0v) is 22.5. The molecule has 5 rings (SSSR count). The minimum atomic E-state index is -1.02. The minimum absolute atomic E-state index is 0.0127. The Morgan fingerprint density at radius 1 is 1.05 bits per heavy atom. The molecule has 3 atom stereocenters. The van der Waals surface area contributed by atoms with Crippen LogP contribution < -0.4 is 10.5 Å². The maximum atomic E-state index is 15.1. The fraction of sp³-hybridized carbons (Fsp3) is 0.452. The maximum Gasteiger partial charge on any atom is 0.185 e. The van der Waals surface area contributed by atoms with Gasteiger partial charge in [0.2, 0.25) is 0 Å². The second-order valence-corrected chi connectivity index (χ2v) is 11.1. The lowest BCUT2D eigenvalue weighted by atomic mass is 9.75. The summed E-state index contributed by atoms with van der Waals surface area (Å²) in [5.74, 6) is -2.45. The third-order valence-electron chi connectivity index (χ3n) is 7.92.